The van der Waals surface area contributed by atoms with Crippen molar-refractivity contribution in [2.24, 2.45) is 5.92 Å². The number of piperidine rings is 1. The molecule has 2 aliphatic heterocycles. The van der Waals surface area contributed by atoms with E-state index in [2.05, 4.69) is 39.4 Å². The largest absolute Gasteiger partial charge is 0.371 e. The van der Waals surface area contributed by atoms with Gasteiger partial charge in [-0.1, -0.05) is 41.9 Å². The second kappa shape index (κ2) is 9.37. The molecule has 0 radical (unpaired) electrons. The molecule has 2 saturated heterocycles. The second-order valence-corrected chi connectivity index (χ2v) is 9.25. The number of pyridine rings is 1. The molecule has 6 heteroatoms. The first-order valence-electron chi connectivity index (χ1n) is 11.6. The Morgan fingerprint density at radius 3 is 2.47 bits per heavy atom. The van der Waals surface area contributed by atoms with Crippen molar-refractivity contribution < 1.29 is 4.79 Å². The number of hydrogen-bond acceptors (Lipinski definition) is 4. The minimum absolute atomic E-state index is 0.167. The van der Waals surface area contributed by atoms with Crippen molar-refractivity contribution in [2.75, 3.05) is 36.4 Å². The molecule has 1 amide bonds. The summed E-state index contributed by atoms with van der Waals surface area (Å²) in [6, 6.07) is 18.3. The molecule has 3 heterocycles. The van der Waals surface area contributed by atoms with Gasteiger partial charge in [-0.3, -0.25) is 4.79 Å². The Kier molecular flexibility index (Phi) is 6.17. The maximum absolute atomic E-state index is 12.8. The third kappa shape index (κ3) is 4.53. The average Bonchev–Trinajstić information content (AvgIpc) is 3.38. The number of anilines is 2. The SMILES string of the molecule is O=C(C1CCN(c2cc(NCc3ccc(Cl)cc3)nc3ccccc23)CC1)N1CCCC1. The first-order valence-corrected chi connectivity index (χ1v) is 12.0. The number of benzene rings is 2. The number of likely N-dealkylation sites (tertiary alicyclic amines) is 1. The number of amides is 1. The molecule has 2 aliphatic rings. The molecule has 1 N–H and O–H groups in total. The van der Waals surface area contributed by atoms with Gasteiger partial charge >= 0.3 is 0 Å². The fourth-order valence-electron chi connectivity index (χ4n) is 4.87. The molecule has 0 spiro atoms. The molecule has 5 nitrogen and oxygen atoms in total. The van der Waals surface area contributed by atoms with E-state index in [1.54, 1.807) is 0 Å². The van der Waals surface area contributed by atoms with Gasteiger partial charge in [0, 0.05) is 60.8 Å². The van der Waals surface area contributed by atoms with Crippen molar-refractivity contribution in [3.63, 3.8) is 0 Å². The zero-order valence-electron chi connectivity index (χ0n) is 18.3. The second-order valence-electron chi connectivity index (χ2n) is 8.82. The Morgan fingerprint density at radius 1 is 1.00 bits per heavy atom. The first-order chi connectivity index (χ1) is 15.7. The number of aromatic nitrogens is 1. The number of hydrogen-bond donors (Lipinski definition) is 1. The highest BCUT2D eigenvalue weighted by Crippen LogP contribution is 2.32. The fourth-order valence-corrected chi connectivity index (χ4v) is 4.99. The molecule has 2 aromatic carbocycles. The Morgan fingerprint density at radius 2 is 1.72 bits per heavy atom. The van der Waals surface area contributed by atoms with Crippen LogP contribution in [0.5, 0.6) is 0 Å². The summed E-state index contributed by atoms with van der Waals surface area (Å²) in [5.41, 5.74) is 3.34. The van der Waals surface area contributed by atoms with Crippen LogP contribution in [-0.4, -0.2) is 42.0 Å². The lowest BCUT2D eigenvalue weighted by atomic mass is 9.94. The zero-order valence-corrected chi connectivity index (χ0v) is 19.0. The summed E-state index contributed by atoms with van der Waals surface area (Å²) in [6.07, 6.45) is 4.14. The highest BCUT2D eigenvalue weighted by molar-refractivity contribution is 6.30. The van der Waals surface area contributed by atoms with Gasteiger partial charge in [0.1, 0.15) is 5.82 Å². The third-order valence-electron chi connectivity index (χ3n) is 6.68. The number of rotatable bonds is 5. The first kappa shape index (κ1) is 21.1. The number of nitrogens with zero attached hydrogens (tertiary/aromatic N) is 3. The summed E-state index contributed by atoms with van der Waals surface area (Å²) < 4.78 is 0. The molecule has 166 valence electrons. The van der Waals surface area contributed by atoms with Crippen LogP contribution in [0, 0.1) is 5.92 Å². The van der Waals surface area contributed by atoms with Gasteiger partial charge in [-0.2, -0.15) is 0 Å². The molecule has 0 atom stereocenters. The summed E-state index contributed by atoms with van der Waals surface area (Å²) in [4.78, 5) is 22.2. The van der Waals surface area contributed by atoms with E-state index < -0.39 is 0 Å². The average molecular weight is 449 g/mol. The van der Waals surface area contributed by atoms with E-state index in [0.717, 1.165) is 79.2 Å². The van der Waals surface area contributed by atoms with Crippen LogP contribution in [0.3, 0.4) is 0 Å². The van der Waals surface area contributed by atoms with Crippen molar-refractivity contribution in [1.82, 2.24) is 9.88 Å². The molecule has 0 aliphatic carbocycles. The molecule has 1 aromatic heterocycles. The number of fused-ring (bicyclic) bond motifs is 1. The molecule has 0 bridgehead atoms. The van der Waals surface area contributed by atoms with Gasteiger partial charge in [0.2, 0.25) is 5.91 Å². The number of carbonyl (C=O) groups is 1. The van der Waals surface area contributed by atoms with Crippen molar-refractivity contribution >= 4 is 39.9 Å². The zero-order chi connectivity index (χ0) is 21.9. The van der Waals surface area contributed by atoms with Crippen LogP contribution < -0.4 is 10.2 Å². The Balaban J connectivity index is 1.32. The smallest absolute Gasteiger partial charge is 0.225 e. The van der Waals surface area contributed by atoms with Gasteiger partial charge in [-0.15, -0.1) is 0 Å². The fraction of sp³-hybridized carbons (Fsp3) is 0.385. The molecule has 0 unspecified atom stereocenters. The molecule has 0 saturated carbocycles. The standard InChI is InChI=1S/C26H29ClN4O/c27-21-9-7-19(8-10-21)18-28-25-17-24(22-5-1-2-6-23(22)29-25)30-15-11-20(12-16-30)26(32)31-13-3-4-14-31/h1-2,5-10,17,20H,3-4,11-16,18H2,(H,28,29). The number of halogens is 1. The lowest BCUT2D eigenvalue weighted by Crippen LogP contribution is -2.41. The number of nitrogens with one attached hydrogen (secondary N) is 1. The van der Waals surface area contributed by atoms with E-state index in [1.165, 1.54) is 5.69 Å². The molecule has 32 heavy (non-hydrogen) atoms. The van der Waals surface area contributed by atoms with E-state index in [0.29, 0.717) is 12.5 Å². The number of carbonyl (C=O) groups excluding carboxylic acids is 1. The van der Waals surface area contributed by atoms with Crippen molar-refractivity contribution in [3.05, 3.63) is 65.2 Å². The number of para-hydroxylation sites is 1. The predicted molar refractivity (Wildman–Crippen MR) is 131 cm³/mol. The van der Waals surface area contributed by atoms with Gasteiger partial charge in [0.25, 0.3) is 0 Å². The van der Waals surface area contributed by atoms with Crippen LogP contribution in [0.25, 0.3) is 10.9 Å². The molecular weight excluding hydrogens is 420 g/mol. The Bertz CT molecular complexity index is 1090. The topological polar surface area (TPSA) is 48.5 Å². The Labute approximate surface area is 194 Å². The van der Waals surface area contributed by atoms with E-state index in [-0.39, 0.29) is 5.92 Å². The molecule has 2 fully saturated rings. The van der Waals surface area contributed by atoms with Crippen LogP contribution in [0.4, 0.5) is 11.5 Å². The third-order valence-corrected chi connectivity index (χ3v) is 6.94. The summed E-state index contributed by atoms with van der Waals surface area (Å²) in [5.74, 6) is 1.40. The van der Waals surface area contributed by atoms with Crippen LogP contribution >= 0.6 is 11.6 Å². The van der Waals surface area contributed by atoms with Crippen molar-refractivity contribution in [1.29, 1.82) is 0 Å². The van der Waals surface area contributed by atoms with Crippen LogP contribution in [-0.2, 0) is 11.3 Å². The molecular formula is C26H29ClN4O. The van der Waals surface area contributed by atoms with Crippen LogP contribution in [0.1, 0.15) is 31.2 Å². The molecule has 3 aromatic rings. The Hall–Kier alpha value is -2.79. The lowest BCUT2D eigenvalue weighted by molar-refractivity contribution is -0.135. The summed E-state index contributed by atoms with van der Waals surface area (Å²) in [5, 5.41) is 5.38. The normalized spacial score (nSPS) is 17.2. The maximum atomic E-state index is 12.8. The maximum Gasteiger partial charge on any atom is 0.225 e. The van der Waals surface area contributed by atoms with Crippen LogP contribution in [0.15, 0.2) is 54.6 Å². The van der Waals surface area contributed by atoms with E-state index in [4.69, 9.17) is 16.6 Å². The minimum atomic E-state index is 0.167. The highest BCUT2D eigenvalue weighted by atomic mass is 35.5. The van der Waals surface area contributed by atoms with Gasteiger partial charge in [-0.05, 0) is 49.4 Å². The van der Waals surface area contributed by atoms with E-state index in [9.17, 15) is 4.79 Å². The van der Waals surface area contributed by atoms with E-state index in [1.807, 2.05) is 30.3 Å². The van der Waals surface area contributed by atoms with Crippen molar-refractivity contribution in [3.8, 4) is 0 Å². The quantitative estimate of drug-likeness (QED) is 0.572. The van der Waals surface area contributed by atoms with Gasteiger partial charge < -0.3 is 15.1 Å². The van der Waals surface area contributed by atoms with Gasteiger partial charge in [-0.25, -0.2) is 4.98 Å². The minimum Gasteiger partial charge on any atom is -0.371 e. The summed E-state index contributed by atoms with van der Waals surface area (Å²) >= 11 is 6.01. The summed E-state index contributed by atoms with van der Waals surface area (Å²) in [6.45, 7) is 4.37. The van der Waals surface area contributed by atoms with E-state index >= 15 is 0 Å². The summed E-state index contributed by atoms with van der Waals surface area (Å²) in [7, 11) is 0. The molecule has 5 rings (SSSR count). The highest BCUT2D eigenvalue weighted by Gasteiger charge is 2.30. The predicted octanol–water partition coefficient (Wildman–Crippen LogP) is 5.34. The lowest BCUT2D eigenvalue weighted by Gasteiger charge is -2.35. The van der Waals surface area contributed by atoms with Crippen molar-refractivity contribution in [2.45, 2.75) is 32.2 Å². The monoisotopic (exact) mass is 448 g/mol. The van der Waals surface area contributed by atoms with Gasteiger partial charge in [0.05, 0.1) is 5.52 Å². The van der Waals surface area contributed by atoms with Gasteiger partial charge in [0.15, 0.2) is 0 Å². The van der Waals surface area contributed by atoms with Crippen LogP contribution in [0.2, 0.25) is 5.02 Å².